The van der Waals surface area contributed by atoms with Gasteiger partial charge in [-0.15, -0.1) is 0 Å². The molecule has 0 radical (unpaired) electrons. The smallest absolute Gasteiger partial charge is 0.126 e. The molecule has 128 valence electrons. The van der Waals surface area contributed by atoms with Crippen LogP contribution in [0.25, 0.3) is 0 Å². The first-order valence-electron chi connectivity index (χ1n) is 8.52. The third kappa shape index (κ3) is 4.28. The minimum Gasteiger partial charge on any atom is -0.507 e. The lowest BCUT2D eigenvalue weighted by atomic mass is 10.2. The van der Waals surface area contributed by atoms with Gasteiger partial charge in [-0.1, -0.05) is 0 Å². The average Bonchev–Trinajstić information content (AvgIpc) is 2.62. The highest BCUT2D eigenvalue weighted by Crippen LogP contribution is 2.24. The zero-order valence-corrected chi connectivity index (χ0v) is 15.0. The normalized spacial score (nSPS) is 11.0. The summed E-state index contributed by atoms with van der Waals surface area (Å²) in [5, 5.41) is 10.2. The van der Waals surface area contributed by atoms with Crippen molar-refractivity contribution in [3.63, 3.8) is 0 Å². The van der Waals surface area contributed by atoms with Crippen molar-refractivity contribution in [2.24, 2.45) is 4.99 Å². The molecule has 0 aliphatic heterocycles. The van der Waals surface area contributed by atoms with E-state index in [9.17, 15) is 5.11 Å². The molecule has 0 fully saturated rings. The van der Waals surface area contributed by atoms with Gasteiger partial charge in [-0.2, -0.15) is 0 Å². The van der Waals surface area contributed by atoms with Crippen molar-refractivity contribution in [2.75, 3.05) is 36.5 Å². The lowest BCUT2D eigenvalue weighted by Gasteiger charge is -2.20. The Morgan fingerprint density at radius 1 is 0.917 bits per heavy atom. The lowest BCUT2D eigenvalue weighted by molar-refractivity contribution is 0.474. The molecule has 2 aromatic rings. The van der Waals surface area contributed by atoms with E-state index in [-0.39, 0.29) is 5.75 Å². The summed E-state index contributed by atoms with van der Waals surface area (Å²) >= 11 is 0. The van der Waals surface area contributed by atoms with Crippen LogP contribution in [-0.2, 0) is 0 Å². The van der Waals surface area contributed by atoms with Crippen molar-refractivity contribution in [1.29, 1.82) is 0 Å². The van der Waals surface area contributed by atoms with E-state index in [1.807, 2.05) is 31.3 Å². The number of hydrogen-bond donors (Lipinski definition) is 1. The van der Waals surface area contributed by atoms with Crippen LogP contribution in [0.4, 0.5) is 17.1 Å². The van der Waals surface area contributed by atoms with E-state index in [2.05, 4.69) is 47.7 Å². The monoisotopic (exact) mass is 325 g/mol. The van der Waals surface area contributed by atoms with Crippen LogP contribution in [0.15, 0.2) is 47.5 Å². The molecule has 0 saturated carbocycles. The van der Waals surface area contributed by atoms with E-state index >= 15 is 0 Å². The maximum Gasteiger partial charge on any atom is 0.126 e. The number of hydrogen-bond acceptors (Lipinski definition) is 4. The molecule has 0 unspecified atom stereocenters. The maximum absolute atomic E-state index is 10.2. The van der Waals surface area contributed by atoms with E-state index in [1.165, 1.54) is 5.69 Å². The van der Waals surface area contributed by atoms with Gasteiger partial charge in [0.15, 0.2) is 0 Å². The Balaban J connectivity index is 2.13. The first kappa shape index (κ1) is 17.9. The molecular weight excluding hydrogens is 298 g/mol. The van der Waals surface area contributed by atoms with Crippen molar-refractivity contribution in [3.05, 3.63) is 48.0 Å². The summed E-state index contributed by atoms with van der Waals surface area (Å²) in [7, 11) is 2.00. The van der Waals surface area contributed by atoms with E-state index in [0.717, 1.165) is 36.6 Å². The lowest BCUT2D eigenvalue weighted by Crippen LogP contribution is -2.21. The minimum atomic E-state index is 0.247. The number of phenols is 1. The molecule has 0 saturated heterocycles. The molecule has 0 spiro atoms. The van der Waals surface area contributed by atoms with E-state index in [1.54, 1.807) is 12.3 Å². The third-order valence-electron chi connectivity index (χ3n) is 4.26. The molecule has 24 heavy (non-hydrogen) atoms. The summed E-state index contributed by atoms with van der Waals surface area (Å²) in [6.07, 6.45) is 1.71. The Morgan fingerprint density at radius 3 is 2.08 bits per heavy atom. The summed E-state index contributed by atoms with van der Waals surface area (Å²) in [5.74, 6) is 0.247. The standard InChI is InChI=1S/C20H27N3O/c1-5-22(4)19-11-8-16(20(24)14-19)15-21-17-9-12-18(13-10-17)23(6-2)7-3/h8-15,24H,5-7H2,1-4H3. The van der Waals surface area contributed by atoms with Crippen LogP contribution in [0.1, 0.15) is 26.3 Å². The number of benzene rings is 2. The van der Waals surface area contributed by atoms with Crippen molar-refractivity contribution in [1.82, 2.24) is 0 Å². The molecule has 0 bridgehead atoms. The van der Waals surface area contributed by atoms with Gasteiger partial charge in [0.1, 0.15) is 5.75 Å². The fourth-order valence-corrected chi connectivity index (χ4v) is 2.54. The van der Waals surface area contributed by atoms with Crippen LogP contribution >= 0.6 is 0 Å². The third-order valence-corrected chi connectivity index (χ3v) is 4.26. The van der Waals surface area contributed by atoms with Gasteiger partial charge < -0.3 is 14.9 Å². The summed E-state index contributed by atoms with van der Waals surface area (Å²) in [5.41, 5.74) is 3.79. The summed E-state index contributed by atoms with van der Waals surface area (Å²) in [6.45, 7) is 9.26. The van der Waals surface area contributed by atoms with Crippen LogP contribution in [0.2, 0.25) is 0 Å². The molecule has 0 heterocycles. The predicted molar refractivity (Wildman–Crippen MR) is 104 cm³/mol. The van der Waals surface area contributed by atoms with Crippen molar-refractivity contribution in [3.8, 4) is 5.75 Å². The van der Waals surface area contributed by atoms with Gasteiger partial charge in [-0.25, -0.2) is 0 Å². The number of nitrogens with zero attached hydrogens (tertiary/aromatic N) is 3. The van der Waals surface area contributed by atoms with E-state index in [4.69, 9.17) is 0 Å². The molecule has 0 aliphatic rings. The van der Waals surface area contributed by atoms with Crippen LogP contribution in [-0.4, -0.2) is 38.0 Å². The SMILES string of the molecule is CCN(C)c1ccc(C=Nc2ccc(N(CC)CC)cc2)c(O)c1. The Kier molecular flexibility index (Phi) is 6.24. The fraction of sp³-hybridized carbons (Fsp3) is 0.350. The Bertz CT molecular complexity index is 676. The minimum absolute atomic E-state index is 0.247. The van der Waals surface area contributed by atoms with Gasteiger partial charge >= 0.3 is 0 Å². The van der Waals surface area contributed by atoms with Gasteiger partial charge in [0.2, 0.25) is 0 Å². The van der Waals surface area contributed by atoms with Gasteiger partial charge in [0.25, 0.3) is 0 Å². The molecule has 0 aliphatic carbocycles. The highest BCUT2D eigenvalue weighted by molar-refractivity contribution is 5.86. The van der Waals surface area contributed by atoms with Gasteiger partial charge in [0.05, 0.1) is 5.69 Å². The van der Waals surface area contributed by atoms with Crippen LogP contribution < -0.4 is 9.80 Å². The van der Waals surface area contributed by atoms with Gasteiger partial charge in [-0.3, -0.25) is 4.99 Å². The number of aliphatic imine (C=N–C) groups is 1. The second-order valence-electron chi connectivity index (χ2n) is 5.70. The molecule has 0 amide bonds. The number of phenolic OH excluding ortho intramolecular Hbond substituents is 1. The summed E-state index contributed by atoms with van der Waals surface area (Å²) in [6, 6.07) is 13.8. The first-order valence-corrected chi connectivity index (χ1v) is 8.52. The number of rotatable bonds is 7. The Hall–Kier alpha value is -2.49. The largest absolute Gasteiger partial charge is 0.507 e. The highest BCUT2D eigenvalue weighted by atomic mass is 16.3. The molecule has 0 aromatic heterocycles. The first-order chi connectivity index (χ1) is 11.6. The molecule has 2 aromatic carbocycles. The van der Waals surface area contributed by atoms with Crippen molar-refractivity contribution < 1.29 is 5.11 Å². The zero-order valence-electron chi connectivity index (χ0n) is 15.0. The van der Waals surface area contributed by atoms with Crippen LogP contribution in [0.3, 0.4) is 0 Å². The Labute approximate surface area is 145 Å². The number of aromatic hydroxyl groups is 1. The number of anilines is 2. The topological polar surface area (TPSA) is 39.1 Å². The van der Waals surface area contributed by atoms with Crippen molar-refractivity contribution in [2.45, 2.75) is 20.8 Å². The molecular formula is C20H27N3O. The summed E-state index contributed by atoms with van der Waals surface area (Å²) in [4.78, 5) is 8.84. The van der Waals surface area contributed by atoms with Crippen molar-refractivity contribution >= 4 is 23.3 Å². The van der Waals surface area contributed by atoms with Crippen LogP contribution in [0, 0.1) is 0 Å². The fourth-order valence-electron chi connectivity index (χ4n) is 2.54. The van der Waals surface area contributed by atoms with Gasteiger partial charge in [0, 0.05) is 55.9 Å². The molecule has 0 atom stereocenters. The van der Waals surface area contributed by atoms with Gasteiger partial charge in [-0.05, 0) is 57.2 Å². The quantitative estimate of drug-likeness (QED) is 0.765. The van der Waals surface area contributed by atoms with E-state index < -0.39 is 0 Å². The highest BCUT2D eigenvalue weighted by Gasteiger charge is 2.04. The second-order valence-corrected chi connectivity index (χ2v) is 5.70. The molecule has 2 rings (SSSR count). The van der Waals surface area contributed by atoms with Crippen LogP contribution in [0.5, 0.6) is 5.75 Å². The maximum atomic E-state index is 10.2. The van der Waals surface area contributed by atoms with E-state index in [0.29, 0.717) is 0 Å². The molecule has 4 nitrogen and oxygen atoms in total. The average molecular weight is 325 g/mol. The summed E-state index contributed by atoms with van der Waals surface area (Å²) < 4.78 is 0. The Morgan fingerprint density at radius 2 is 1.54 bits per heavy atom. The zero-order chi connectivity index (χ0) is 17.5. The second kappa shape index (κ2) is 8.39. The predicted octanol–water partition coefficient (Wildman–Crippen LogP) is 4.45. The molecule has 1 N–H and O–H groups in total. The molecule has 4 heteroatoms.